The average Bonchev–Trinajstić information content (AvgIpc) is 2.44. The smallest absolute Gasteiger partial charge is 0.129 e. The molecule has 2 rings (SSSR count). The number of nitrogen functional groups attached to an aromatic ring is 1. The van der Waals surface area contributed by atoms with Gasteiger partial charge in [0, 0.05) is 11.8 Å². The van der Waals surface area contributed by atoms with Gasteiger partial charge in [-0.2, -0.15) is 0 Å². The summed E-state index contributed by atoms with van der Waals surface area (Å²) in [5.74, 6) is 0.474. The van der Waals surface area contributed by atoms with Crippen LogP contribution < -0.4 is 5.73 Å². The Hall–Kier alpha value is -1.09. The van der Waals surface area contributed by atoms with Crippen LogP contribution in [0.1, 0.15) is 44.1 Å². The molecule has 1 fully saturated rings. The summed E-state index contributed by atoms with van der Waals surface area (Å²) in [7, 11) is 0. The molecule has 0 aliphatic heterocycles. The minimum Gasteiger partial charge on any atom is -0.385 e. The first-order valence-corrected chi connectivity index (χ1v) is 5.66. The average molecular weight is 206 g/mol. The van der Waals surface area contributed by atoms with Crippen molar-refractivity contribution in [2.45, 2.75) is 44.1 Å². The SMILES string of the molecule is Nc1ncccc1C1(O)CCCCCC1. The van der Waals surface area contributed by atoms with E-state index >= 15 is 0 Å². The second-order valence-electron chi connectivity index (χ2n) is 4.38. The van der Waals surface area contributed by atoms with Gasteiger partial charge in [0.05, 0.1) is 5.60 Å². The number of aliphatic hydroxyl groups is 1. The molecule has 0 aromatic carbocycles. The molecular formula is C12H18N2O. The molecule has 0 amide bonds. The Kier molecular flexibility index (Phi) is 2.91. The maximum absolute atomic E-state index is 10.6. The molecule has 1 heterocycles. The molecule has 15 heavy (non-hydrogen) atoms. The molecule has 0 radical (unpaired) electrons. The zero-order chi connectivity index (χ0) is 10.7. The first-order chi connectivity index (χ1) is 7.22. The highest BCUT2D eigenvalue weighted by atomic mass is 16.3. The van der Waals surface area contributed by atoms with Gasteiger partial charge in [-0.25, -0.2) is 4.98 Å². The van der Waals surface area contributed by atoms with Crippen molar-refractivity contribution >= 4 is 5.82 Å². The van der Waals surface area contributed by atoms with Crippen molar-refractivity contribution in [3.63, 3.8) is 0 Å². The van der Waals surface area contributed by atoms with Crippen LogP contribution in [0.25, 0.3) is 0 Å². The third-order valence-electron chi connectivity index (χ3n) is 3.27. The number of aromatic nitrogens is 1. The Morgan fingerprint density at radius 2 is 1.87 bits per heavy atom. The van der Waals surface area contributed by atoms with Gasteiger partial charge >= 0.3 is 0 Å². The fourth-order valence-electron chi connectivity index (χ4n) is 2.39. The summed E-state index contributed by atoms with van der Waals surface area (Å²) < 4.78 is 0. The summed E-state index contributed by atoms with van der Waals surface area (Å²) in [4.78, 5) is 4.05. The number of anilines is 1. The van der Waals surface area contributed by atoms with Crippen LogP contribution in [-0.4, -0.2) is 10.1 Å². The quantitative estimate of drug-likeness (QED) is 0.692. The molecule has 1 aromatic rings. The summed E-state index contributed by atoms with van der Waals surface area (Å²) >= 11 is 0. The van der Waals surface area contributed by atoms with Gasteiger partial charge in [0.2, 0.25) is 0 Å². The summed E-state index contributed by atoms with van der Waals surface area (Å²) in [6.07, 6.45) is 7.85. The van der Waals surface area contributed by atoms with Gasteiger partial charge in [-0.05, 0) is 18.9 Å². The Bertz CT molecular complexity index is 330. The third-order valence-corrected chi connectivity index (χ3v) is 3.27. The standard InChI is InChI=1S/C12H18N2O/c13-11-10(6-5-9-14-11)12(15)7-3-1-2-4-8-12/h5-6,9,15H,1-4,7-8H2,(H2,13,14). The van der Waals surface area contributed by atoms with Crippen molar-refractivity contribution in [3.8, 4) is 0 Å². The van der Waals surface area contributed by atoms with E-state index in [0.717, 1.165) is 31.2 Å². The van der Waals surface area contributed by atoms with Gasteiger partial charge in [0.15, 0.2) is 0 Å². The topological polar surface area (TPSA) is 59.1 Å². The van der Waals surface area contributed by atoms with Gasteiger partial charge in [-0.3, -0.25) is 0 Å². The molecule has 0 atom stereocenters. The zero-order valence-corrected chi connectivity index (χ0v) is 8.95. The fraction of sp³-hybridized carbons (Fsp3) is 0.583. The molecule has 1 aliphatic carbocycles. The van der Waals surface area contributed by atoms with Crippen LogP contribution in [0.3, 0.4) is 0 Å². The van der Waals surface area contributed by atoms with E-state index in [1.807, 2.05) is 12.1 Å². The highest BCUT2D eigenvalue weighted by Crippen LogP contribution is 2.37. The molecule has 3 nitrogen and oxygen atoms in total. The van der Waals surface area contributed by atoms with E-state index in [1.165, 1.54) is 12.8 Å². The Morgan fingerprint density at radius 3 is 2.47 bits per heavy atom. The van der Waals surface area contributed by atoms with Crippen molar-refractivity contribution in [2.24, 2.45) is 0 Å². The van der Waals surface area contributed by atoms with Crippen LogP contribution in [0.5, 0.6) is 0 Å². The highest BCUT2D eigenvalue weighted by Gasteiger charge is 2.31. The van der Waals surface area contributed by atoms with Crippen LogP contribution in [0.2, 0.25) is 0 Å². The van der Waals surface area contributed by atoms with Gasteiger partial charge < -0.3 is 10.8 Å². The van der Waals surface area contributed by atoms with Crippen LogP contribution in [0.4, 0.5) is 5.82 Å². The van der Waals surface area contributed by atoms with E-state index in [0.29, 0.717) is 5.82 Å². The van der Waals surface area contributed by atoms with Gasteiger partial charge in [0.1, 0.15) is 5.82 Å². The number of pyridine rings is 1. The number of rotatable bonds is 1. The molecule has 0 saturated heterocycles. The van der Waals surface area contributed by atoms with Crippen molar-refractivity contribution in [3.05, 3.63) is 23.9 Å². The van der Waals surface area contributed by atoms with E-state index < -0.39 is 5.60 Å². The lowest BCUT2D eigenvalue weighted by Gasteiger charge is -2.27. The van der Waals surface area contributed by atoms with Crippen LogP contribution in [-0.2, 0) is 5.60 Å². The zero-order valence-electron chi connectivity index (χ0n) is 8.95. The molecule has 3 heteroatoms. The Labute approximate surface area is 90.3 Å². The van der Waals surface area contributed by atoms with Crippen molar-refractivity contribution in [2.75, 3.05) is 5.73 Å². The normalized spacial score (nSPS) is 20.9. The minimum atomic E-state index is -0.741. The van der Waals surface area contributed by atoms with Gasteiger partial charge in [-0.15, -0.1) is 0 Å². The van der Waals surface area contributed by atoms with E-state index in [1.54, 1.807) is 6.20 Å². The third kappa shape index (κ3) is 2.12. The lowest BCUT2D eigenvalue weighted by molar-refractivity contribution is 0.0212. The van der Waals surface area contributed by atoms with E-state index in [2.05, 4.69) is 4.98 Å². The molecule has 0 unspecified atom stereocenters. The Balaban J connectivity index is 2.30. The number of nitrogens with two attached hydrogens (primary N) is 1. The summed E-state index contributed by atoms with van der Waals surface area (Å²) in [5, 5.41) is 10.6. The number of nitrogens with zero attached hydrogens (tertiary/aromatic N) is 1. The monoisotopic (exact) mass is 206 g/mol. The summed E-state index contributed by atoms with van der Waals surface area (Å²) in [5.41, 5.74) is 5.89. The second-order valence-corrected chi connectivity index (χ2v) is 4.38. The van der Waals surface area contributed by atoms with Gasteiger partial charge in [-0.1, -0.05) is 31.7 Å². The van der Waals surface area contributed by atoms with Crippen molar-refractivity contribution in [1.29, 1.82) is 0 Å². The van der Waals surface area contributed by atoms with Crippen LogP contribution in [0, 0.1) is 0 Å². The molecule has 0 spiro atoms. The van der Waals surface area contributed by atoms with Crippen LogP contribution in [0.15, 0.2) is 18.3 Å². The van der Waals surface area contributed by atoms with E-state index in [9.17, 15) is 5.11 Å². The van der Waals surface area contributed by atoms with E-state index in [4.69, 9.17) is 5.73 Å². The lowest BCUT2D eigenvalue weighted by atomic mass is 9.87. The summed E-state index contributed by atoms with van der Waals surface area (Å²) in [6.45, 7) is 0. The second kappa shape index (κ2) is 4.19. The predicted octanol–water partition coefficient (Wildman–Crippen LogP) is 2.21. The maximum Gasteiger partial charge on any atom is 0.129 e. The summed E-state index contributed by atoms with van der Waals surface area (Å²) in [6, 6.07) is 3.74. The van der Waals surface area contributed by atoms with Crippen molar-refractivity contribution in [1.82, 2.24) is 4.98 Å². The fourth-order valence-corrected chi connectivity index (χ4v) is 2.39. The van der Waals surface area contributed by atoms with Crippen molar-refractivity contribution < 1.29 is 5.11 Å². The highest BCUT2D eigenvalue weighted by molar-refractivity contribution is 5.42. The van der Waals surface area contributed by atoms with Gasteiger partial charge in [0.25, 0.3) is 0 Å². The molecule has 3 N–H and O–H groups in total. The molecular weight excluding hydrogens is 188 g/mol. The molecule has 82 valence electrons. The largest absolute Gasteiger partial charge is 0.385 e. The minimum absolute atomic E-state index is 0.474. The predicted molar refractivity (Wildman–Crippen MR) is 60.2 cm³/mol. The molecule has 0 bridgehead atoms. The number of hydrogen-bond donors (Lipinski definition) is 2. The molecule has 1 saturated carbocycles. The lowest BCUT2D eigenvalue weighted by Crippen LogP contribution is -2.26. The first-order valence-electron chi connectivity index (χ1n) is 5.66. The Morgan fingerprint density at radius 1 is 1.20 bits per heavy atom. The molecule has 1 aliphatic rings. The first kappa shape index (κ1) is 10.4. The molecule has 1 aromatic heterocycles. The number of hydrogen-bond acceptors (Lipinski definition) is 3. The maximum atomic E-state index is 10.6. The van der Waals surface area contributed by atoms with Crippen LogP contribution >= 0.6 is 0 Å². The van der Waals surface area contributed by atoms with E-state index in [-0.39, 0.29) is 0 Å².